The highest BCUT2D eigenvalue weighted by molar-refractivity contribution is 6.32. The van der Waals surface area contributed by atoms with Crippen molar-refractivity contribution in [2.75, 3.05) is 0 Å². The molecule has 2 aromatic carbocycles. The summed E-state index contributed by atoms with van der Waals surface area (Å²) in [6, 6.07) is 10.2. The Hall–Kier alpha value is -1.97. The maximum atomic E-state index is 9.35. The van der Waals surface area contributed by atoms with E-state index in [4.69, 9.17) is 27.6 Å². The van der Waals surface area contributed by atoms with E-state index in [1.807, 2.05) is 0 Å². The average Bonchev–Trinajstić information content (AvgIpc) is 2.82. The van der Waals surface area contributed by atoms with Crippen molar-refractivity contribution >= 4 is 46.5 Å². The van der Waals surface area contributed by atoms with Crippen LogP contribution >= 0.6 is 23.2 Å². The first-order valence-electron chi connectivity index (χ1n) is 5.84. The van der Waals surface area contributed by atoms with Gasteiger partial charge in [0.1, 0.15) is 11.3 Å². The molecule has 0 saturated carbocycles. The molecule has 1 aromatic heterocycles. The lowest BCUT2D eigenvalue weighted by atomic mass is 10.2. The van der Waals surface area contributed by atoms with Crippen LogP contribution in [0.3, 0.4) is 0 Å². The van der Waals surface area contributed by atoms with Gasteiger partial charge in [0.15, 0.2) is 5.58 Å². The summed E-state index contributed by atoms with van der Waals surface area (Å²) < 4.78 is 5.56. The number of aromatic hydroxyl groups is 1. The molecule has 0 bridgehead atoms. The van der Waals surface area contributed by atoms with Gasteiger partial charge in [-0.3, -0.25) is 0 Å². The Labute approximate surface area is 125 Å². The van der Waals surface area contributed by atoms with Gasteiger partial charge in [-0.05, 0) is 42.0 Å². The number of phenolic OH excluding ortho intramolecular Hbond substituents is 1. The highest BCUT2D eigenvalue weighted by Gasteiger charge is 2.03. The number of oxazole rings is 1. The van der Waals surface area contributed by atoms with Crippen molar-refractivity contribution in [1.29, 1.82) is 0 Å². The molecule has 100 valence electrons. The van der Waals surface area contributed by atoms with Gasteiger partial charge in [0.05, 0.1) is 5.02 Å². The van der Waals surface area contributed by atoms with Crippen LogP contribution in [0.1, 0.15) is 11.5 Å². The summed E-state index contributed by atoms with van der Waals surface area (Å²) in [6.45, 7) is 0. The molecule has 1 heterocycles. The van der Waals surface area contributed by atoms with Crippen LogP contribution in [-0.4, -0.2) is 10.1 Å². The normalized spacial score (nSPS) is 11.5. The van der Waals surface area contributed by atoms with Crippen molar-refractivity contribution in [2.45, 2.75) is 0 Å². The minimum Gasteiger partial charge on any atom is -0.506 e. The van der Waals surface area contributed by atoms with Crippen LogP contribution in [0.5, 0.6) is 5.75 Å². The molecule has 3 nitrogen and oxygen atoms in total. The first-order chi connectivity index (χ1) is 9.61. The Bertz CT molecular complexity index is 809. The van der Waals surface area contributed by atoms with Gasteiger partial charge in [0.2, 0.25) is 5.89 Å². The van der Waals surface area contributed by atoms with Crippen LogP contribution in [-0.2, 0) is 0 Å². The Kier molecular flexibility index (Phi) is 3.38. The zero-order valence-electron chi connectivity index (χ0n) is 10.2. The minimum absolute atomic E-state index is 0.0559. The smallest absolute Gasteiger partial charge is 0.220 e. The monoisotopic (exact) mass is 305 g/mol. The van der Waals surface area contributed by atoms with E-state index in [1.54, 1.807) is 42.5 Å². The van der Waals surface area contributed by atoms with Crippen LogP contribution < -0.4 is 0 Å². The summed E-state index contributed by atoms with van der Waals surface area (Å²) in [4.78, 5) is 4.31. The van der Waals surface area contributed by atoms with Gasteiger partial charge >= 0.3 is 0 Å². The summed E-state index contributed by atoms with van der Waals surface area (Å²) in [7, 11) is 0. The van der Waals surface area contributed by atoms with Crippen LogP contribution in [0.15, 0.2) is 40.8 Å². The molecular weight excluding hydrogens is 297 g/mol. The van der Waals surface area contributed by atoms with Crippen molar-refractivity contribution in [3.05, 3.63) is 57.9 Å². The summed E-state index contributed by atoms with van der Waals surface area (Å²) in [5, 5.41) is 10.3. The molecule has 0 aliphatic rings. The first-order valence-corrected chi connectivity index (χ1v) is 6.60. The molecule has 1 N–H and O–H groups in total. The molecule has 0 saturated heterocycles. The molecule has 20 heavy (non-hydrogen) atoms. The number of fused-ring (bicyclic) bond motifs is 1. The van der Waals surface area contributed by atoms with Gasteiger partial charge in [0.25, 0.3) is 0 Å². The molecule has 0 amide bonds. The minimum atomic E-state index is 0.0559. The van der Waals surface area contributed by atoms with Crippen LogP contribution in [0.2, 0.25) is 10.0 Å². The predicted molar refractivity (Wildman–Crippen MR) is 81.1 cm³/mol. The van der Waals surface area contributed by atoms with Crippen molar-refractivity contribution in [3.8, 4) is 5.75 Å². The third-order valence-electron chi connectivity index (χ3n) is 2.76. The zero-order chi connectivity index (χ0) is 14.1. The molecule has 0 aliphatic carbocycles. The molecule has 0 aliphatic heterocycles. The third-order valence-corrected chi connectivity index (χ3v) is 3.29. The SMILES string of the molecule is Oc1ccc(C=Cc2nc3cc(Cl)ccc3o2)cc1Cl. The van der Waals surface area contributed by atoms with E-state index in [1.165, 1.54) is 6.07 Å². The van der Waals surface area contributed by atoms with Gasteiger partial charge in [-0.2, -0.15) is 0 Å². The number of hydrogen-bond donors (Lipinski definition) is 1. The zero-order valence-corrected chi connectivity index (χ0v) is 11.7. The van der Waals surface area contributed by atoms with E-state index in [0.29, 0.717) is 27.0 Å². The molecule has 0 unspecified atom stereocenters. The lowest BCUT2D eigenvalue weighted by Crippen LogP contribution is -1.74. The summed E-state index contributed by atoms with van der Waals surface area (Å²) in [5.74, 6) is 0.534. The molecule has 0 atom stereocenters. The fourth-order valence-corrected chi connectivity index (χ4v) is 2.14. The maximum Gasteiger partial charge on any atom is 0.220 e. The lowest BCUT2D eigenvalue weighted by molar-refractivity contribution is 0.475. The van der Waals surface area contributed by atoms with Crippen molar-refractivity contribution < 1.29 is 9.52 Å². The van der Waals surface area contributed by atoms with E-state index in [2.05, 4.69) is 4.98 Å². The first kappa shape index (κ1) is 13.0. The Balaban J connectivity index is 1.91. The van der Waals surface area contributed by atoms with E-state index in [0.717, 1.165) is 5.56 Å². The molecule has 0 spiro atoms. The van der Waals surface area contributed by atoms with Gasteiger partial charge in [-0.15, -0.1) is 0 Å². The molecule has 3 aromatic rings. The number of halogens is 2. The largest absolute Gasteiger partial charge is 0.506 e. The van der Waals surface area contributed by atoms with E-state index < -0.39 is 0 Å². The summed E-state index contributed by atoms with van der Waals surface area (Å²) in [5.41, 5.74) is 2.23. The second-order valence-corrected chi connectivity index (χ2v) is 5.05. The standard InChI is InChI=1S/C15H9Cl2NO2/c16-10-3-5-14-12(8-10)18-15(20-14)6-2-9-1-4-13(19)11(17)7-9/h1-8,19H. The Morgan fingerprint density at radius 1 is 1.05 bits per heavy atom. The second kappa shape index (κ2) is 5.19. The van der Waals surface area contributed by atoms with E-state index in [-0.39, 0.29) is 5.75 Å². The fourth-order valence-electron chi connectivity index (χ4n) is 1.78. The van der Waals surface area contributed by atoms with Gasteiger partial charge in [-0.25, -0.2) is 4.98 Å². The Morgan fingerprint density at radius 3 is 2.70 bits per heavy atom. The Morgan fingerprint density at radius 2 is 1.90 bits per heavy atom. The van der Waals surface area contributed by atoms with Crippen molar-refractivity contribution in [2.24, 2.45) is 0 Å². The van der Waals surface area contributed by atoms with Crippen LogP contribution in [0, 0.1) is 0 Å². The highest BCUT2D eigenvalue weighted by atomic mass is 35.5. The summed E-state index contributed by atoms with van der Waals surface area (Å²) in [6.07, 6.45) is 3.54. The number of phenols is 1. The highest BCUT2D eigenvalue weighted by Crippen LogP contribution is 2.25. The van der Waals surface area contributed by atoms with Gasteiger partial charge in [-0.1, -0.05) is 29.3 Å². The molecule has 3 rings (SSSR count). The lowest BCUT2D eigenvalue weighted by Gasteiger charge is -1.97. The van der Waals surface area contributed by atoms with Crippen LogP contribution in [0.4, 0.5) is 0 Å². The number of rotatable bonds is 2. The second-order valence-electron chi connectivity index (χ2n) is 4.21. The van der Waals surface area contributed by atoms with Crippen LogP contribution in [0.25, 0.3) is 23.3 Å². The average molecular weight is 306 g/mol. The third kappa shape index (κ3) is 2.64. The van der Waals surface area contributed by atoms with Crippen molar-refractivity contribution in [1.82, 2.24) is 4.98 Å². The van der Waals surface area contributed by atoms with Crippen molar-refractivity contribution in [3.63, 3.8) is 0 Å². The number of aromatic nitrogens is 1. The maximum absolute atomic E-state index is 9.35. The topological polar surface area (TPSA) is 46.3 Å². The number of benzene rings is 2. The van der Waals surface area contributed by atoms with Gasteiger partial charge < -0.3 is 9.52 Å². The molecule has 0 fully saturated rings. The van der Waals surface area contributed by atoms with Gasteiger partial charge in [0, 0.05) is 11.1 Å². The quantitative estimate of drug-likeness (QED) is 0.724. The molecule has 0 radical (unpaired) electrons. The van der Waals surface area contributed by atoms with E-state index in [9.17, 15) is 5.11 Å². The fraction of sp³-hybridized carbons (Fsp3) is 0. The number of hydrogen-bond acceptors (Lipinski definition) is 3. The summed E-state index contributed by atoms with van der Waals surface area (Å²) >= 11 is 11.7. The number of nitrogens with zero attached hydrogens (tertiary/aromatic N) is 1. The molecule has 5 heteroatoms. The predicted octanol–water partition coefficient (Wildman–Crippen LogP) is 5.01. The molecular formula is C15H9Cl2NO2. The van der Waals surface area contributed by atoms with E-state index >= 15 is 0 Å².